The molecule has 0 bridgehead atoms. The number of nitrogens with one attached hydrogen (secondary N) is 1. The molecule has 0 spiro atoms. The van der Waals surface area contributed by atoms with Crippen molar-refractivity contribution < 1.29 is 13.9 Å². The van der Waals surface area contributed by atoms with Crippen LogP contribution in [0.25, 0.3) is 11.1 Å². The number of piperidine rings is 1. The largest absolute Gasteiger partial charge is 0.440 e. The van der Waals surface area contributed by atoms with Gasteiger partial charge < -0.3 is 19.4 Å². The van der Waals surface area contributed by atoms with Crippen LogP contribution in [0.4, 0.5) is 11.4 Å². The Morgan fingerprint density at radius 2 is 1.79 bits per heavy atom. The molecule has 5 rings (SSSR count). The maximum Gasteiger partial charge on any atom is 0.238 e. The normalized spacial score (nSPS) is 22.3. The fourth-order valence-electron chi connectivity index (χ4n) is 4.98. The summed E-state index contributed by atoms with van der Waals surface area (Å²) < 4.78 is 11.8. The van der Waals surface area contributed by atoms with Gasteiger partial charge in [0.15, 0.2) is 11.5 Å². The molecule has 2 saturated heterocycles. The van der Waals surface area contributed by atoms with Crippen molar-refractivity contribution in [1.82, 2.24) is 9.88 Å². The van der Waals surface area contributed by atoms with E-state index in [0.29, 0.717) is 11.6 Å². The average molecular weight is 483 g/mol. The van der Waals surface area contributed by atoms with Crippen LogP contribution < -0.4 is 10.2 Å². The van der Waals surface area contributed by atoms with E-state index in [1.54, 1.807) is 0 Å². The lowest BCUT2D eigenvalue weighted by atomic mass is 9.97. The summed E-state index contributed by atoms with van der Waals surface area (Å²) in [6, 6.07) is 13.6. The molecule has 0 aliphatic carbocycles. The molecule has 2 aliphatic rings. The fourth-order valence-corrected chi connectivity index (χ4v) is 5.15. The molecule has 8 heteroatoms. The molecule has 7 nitrogen and oxygen atoms in total. The van der Waals surface area contributed by atoms with Crippen LogP contribution in [0.2, 0.25) is 5.02 Å². The number of carbonyl (C=O) groups is 1. The summed E-state index contributed by atoms with van der Waals surface area (Å²) in [6.07, 6.45) is 2.26. The predicted octanol–water partition coefficient (Wildman–Crippen LogP) is 4.91. The molecule has 3 aromatic rings. The summed E-state index contributed by atoms with van der Waals surface area (Å²) in [5.41, 5.74) is 3.55. The van der Waals surface area contributed by atoms with Crippen molar-refractivity contribution in [2.24, 2.45) is 0 Å². The van der Waals surface area contributed by atoms with Gasteiger partial charge in [0.25, 0.3) is 0 Å². The second-order valence-corrected chi connectivity index (χ2v) is 9.91. The number of likely N-dealkylation sites (tertiary alicyclic amines) is 1. The monoisotopic (exact) mass is 482 g/mol. The summed E-state index contributed by atoms with van der Waals surface area (Å²) >= 11 is 6.06. The van der Waals surface area contributed by atoms with Gasteiger partial charge in [-0.2, -0.15) is 0 Å². The number of carbonyl (C=O) groups excluding carboxylic acids is 1. The lowest BCUT2D eigenvalue weighted by Crippen LogP contribution is -2.45. The minimum atomic E-state index is 0.0105. The number of halogens is 1. The van der Waals surface area contributed by atoms with Crippen LogP contribution >= 0.6 is 11.6 Å². The van der Waals surface area contributed by atoms with Gasteiger partial charge in [-0.05, 0) is 82.2 Å². The minimum Gasteiger partial charge on any atom is -0.440 e. The van der Waals surface area contributed by atoms with Gasteiger partial charge in [0.1, 0.15) is 5.52 Å². The van der Waals surface area contributed by atoms with E-state index >= 15 is 0 Å². The van der Waals surface area contributed by atoms with Crippen molar-refractivity contribution in [2.75, 3.05) is 42.9 Å². The molecule has 1 aromatic heterocycles. The Hall–Kier alpha value is -2.61. The van der Waals surface area contributed by atoms with E-state index in [9.17, 15) is 4.79 Å². The number of ether oxygens (including phenoxy) is 1. The number of hydrogen-bond donors (Lipinski definition) is 1. The van der Waals surface area contributed by atoms with Gasteiger partial charge in [0.05, 0.1) is 18.8 Å². The molecular weight excluding hydrogens is 452 g/mol. The quantitative estimate of drug-likeness (QED) is 0.557. The maximum atomic E-state index is 12.6. The zero-order valence-corrected chi connectivity index (χ0v) is 20.4. The smallest absolute Gasteiger partial charge is 0.238 e. The van der Waals surface area contributed by atoms with Crippen LogP contribution in [0.1, 0.15) is 38.5 Å². The lowest BCUT2D eigenvalue weighted by Gasteiger charge is -2.36. The molecule has 0 radical (unpaired) electrons. The molecule has 2 aromatic carbocycles. The van der Waals surface area contributed by atoms with Gasteiger partial charge in [0.2, 0.25) is 5.91 Å². The predicted molar refractivity (Wildman–Crippen MR) is 135 cm³/mol. The molecule has 3 heterocycles. The van der Waals surface area contributed by atoms with E-state index in [4.69, 9.17) is 20.8 Å². The molecular formula is C26H31ClN4O3. The third kappa shape index (κ3) is 5.37. The SMILES string of the molecule is CC1CN(c2ccc(NC(=O)CN3CCC(c4nc5cc(Cl)ccc5o4)CC3)cc2)CC(C)O1. The highest BCUT2D eigenvalue weighted by atomic mass is 35.5. The topological polar surface area (TPSA) is 70.8 Å². The van der Waals surface area contributed by atoms with Crippen molar-refractivity contribution in [3.8, 4) is 0 Å². The number of fused-ring (bicyclic) bond motifs is 1. The van der Waals surface area contributed by atoms with Gasteiger partial charge in [-0.15, -0.1) is 0 Å². The Balaban J connectivity index is 1.11. The van der Waals surface area contributed by atoms with Crippen LogP contribution in [0.3, 0.4) is 0 Å². The molecule has 180 valence electrons. The van der Waals surface area contributed by atoms with Crippen molar-refractivity contribution in [2.45, 2.75) is 44.8 Å². The number of aromatic nitrogens is 1. The Labute approximate surface area is 205 Å². The maximum absolute atomic E-state index is 12.6. The van der Waals surface area contributed by atoms with Gasteiger partial charge >= 0.3 is 0 Å². The standard InChI is InChI=1S/C26H31ClN4O3/c1-17-14-31(15-18(2)33-17)22-6-4-21(5-7-22)28-25(32)16-30-11-9-19(10-12-30)26-29-23-13-20(27)3-8-24(23)34-26/h3-8,13,17-19H,9-12,14-16H2,1-2H3,(H,28,32). The second kappa shape index (κ2) is 9.94. The molecule has 1 N–H and O–H groups in total. The van der Waals surface area contributed by atoms with Crippen LogP contribution in [0.5, 0.6) is 0 Å². The van der Waals surface area contributed by atoms with Crippen molar-refractivity contribution in [1.29, 1.82) is 0 Å². The van der Waals surface area contributed by atoms with E-state index in [-0.39, 0.29) is 24.0 Å². The number of nitrogens with zero attached hydrogens (tertiary/aromatic N) is 3. The summed E-state index contributed by atoms with van der Waals surface area (Å²) in [7, 11) is 0. The van der Waals surface area contributed by atoms with Crippen molar-refractivity contribution in [3.05, 3.63) is 53.4 Å². The zero-order valence-electron chi connectivity index (χ0n) is 19.7. The Bertz CT molecular complexity index is 1130. The number of oxazole rings is 1. The molecule has 2 atom stereocenters. The van der Waals surface area contributed by atoms with E-state index in [0.717, 1.165) is 67.4 Å². The van der Waals surface area contributed by atoms with Gasteiger partial charge in [0, 0.05) is 35.4 Å². The third-order valence-electron chi connectivity index (χ3n) is 6.61. The van der Waals surface area contributed by atoms with Crippen LogP contribution in [-0.2, 0) is 9.53 Å². The Kier molecular flexibility index (Phi) is 6.77. The first-order valence-corrected chi connectivity index (χ1v) is 12.4. The Morgan fingerprint density at radius 3 is 2.50 bits per heavy atom. The number of benzene rings is 2. The van der Waals surface area contributed by atoms with E-state index in [1.807, 2.05) is 30.3 Å². The molecule has 1 amide bonds. The summed E-state index contributed by atoms with van der Waals surface area (Å²) in [4.78, 5) is 21.8. The number of hydrogen-bond acceptors (Lipinski definition) is 6. The number of amides is 1. The third-order valence-corrected chi connectivity index (χ3v) is 6.84. The highest BCUT2D eigenvalue weighted by molar-refractivity contribution is 6.31. The Morgan fingerprint density at radius 1 is 1.09 bits per heavy atom. The molecule has 34 heavy (non-hydrogen) atoms. The van der Waals surface area contributed by atoms with Crippen molar-refractivity contribution >= 4 is 40.0 Å². The summed E-state index contributed by atoms with van der Waals surface area (Å²) in [6.45, 7) is 8.02. The van der Waals surface area contributed by atoms with Crippen LogP contribution in [0.15, 0.2) is 46.9 Å². The van der Waals surface area contributed by atoms with E-state index in [2.05, 4.69) is 46.1 Å². The van der Waals surface area contributed by atoms with E-state index < -0.39 is 0 Å². The van der Waals surface area contributed by atoms with E-state index in [1.165, 1.54) is 0 Å². The van der Waals surface area contributed by atoms with Gasteiger partial charge in [-0.1, -0.05) is 11.6 Å². The number of anilines is 2. The minimum absolute atomic E-state index is 0.0105. The molecule has 2 unspecified atom stereocenters. The van der Waals surface area contributed by atoms with Crippen LogP contribution in [-0.4, -0.2) is 60.7 Å². The first-order valence-electron chi connectivity index (χ1n) is 12.0. The highest BCUT2D eigenvalue weighted by Crippen LogP contribution is 2.31. The highest BCUT2D eigenvalue weighted by Gasteiger charge is 2.26. The summed E-state index contributed by atoms with van der Waals surface area (Å²) in [5.74, 6) is 1.05. The van der Waals surface area contributed by atoms with Gasteiger partial charge in [-0.3, -0.25) is 9.69 Å². The number of morpholine rings is 1. The number of rotatable bonds is 5. The summed E-state index contributed by atoms with van der Waals surface area (Å²) in [5, 5.41) is 3.70. The molecule has 2 fully saturated rings. The van der Waals surface area contributed by atoms with Crippen molar-refractivity contribution in [3.63, 3.8) is 0 Å². The first kappa shape index (κ1) is 23.1. The zero-order chi connectivity index (χ0) is 23.7. The van der Waals surface area contributed by atoms with Crippen LogP contribution in [0, 0.1) is 0 Å². The lowest BCUT2D eigenvalue weighted by molar-refractivity contribution is -0.117. The molecule has 0 saturated carbocycles. The fraction of sp³-hybridized carbons (Fsp3) is 0.462. The van der Waals surface area contributed by atoms with Gasteiger partial charge in [-0.25, -0.2) is 4.98 Å². The molecule has 2 aliphatic heterocycles. The second-order valence-electron chi connectivity index (χ2n) is 9.47. The average Bonchev–Trinajstić information content (AvgIpc) is 3.22. The first-order chi connectivity index (χ1) is 16.4.